The number of alkyl halides is 1. The molecule has 0 aromatic heterocycles. The number of benzene rings is 1. The molecule has 0 unspecified atom stereocenters. The topological polar surface area (TPSA) is 12.0 Å². The van der Waals surface area contributed by atoms with Crippen molar-refractivity contribution in [2.45, 2.75) is 6.92 Å². The van der Waals surface area contributed by atoms with Crippen LogP contribution in [0, 0.1) is 18.6 Å². The molecule has 0 aliphatic rings. The maximum atomic E-state index is 13.2. The summed E-state index contributed by atoms with van der Waals surface area (Å²) in [4.78, 5) is 0. The Bertz CT molecular complexity index is 299. The molecule has 0 saturated heterocycles. The first-order valence-corrected chi connectivity index (χ1v) is 3.91. The maximum absolute atomic E-state index is 13.2. The van der Waals surface area contributed by atoms with Crippen molar-refractivity contribution in [3.8, 4) is 0 Å². The lowest BCUT2D eigenvalue weighted by molar-refractivity contribution is 0.509. The zero-order valence-corrected chi connectivity index (χ0v) is 7.20. The van der Waals surface area contributed by atoms with Crippen LogP contribution in [0.15, 0.2) is 12.1 Å². The van der Waals surface area contributed by atoms with Crippen molar-refractivity contribution < 1.29 is 13.2 Å². The second-order valence-electron chi connectivity index (χ2n) is 2.67. The van der Waals surface area contributed by atoms with Crippen molar-refractivity contribution in [1.82, 2.24) is 0 Å². The normalized spacial score (nSPS) is 10.2. The third kappa shape index (κ3) is 2.14. The molecule has 1 nitrogen and oxygen atoms in total. The van der Waals surface area contributed by atoms with Crippen molar-refractivity contribution in [3.05, 3.63) is 29.3 Å². The van der Waals surface area contributed by atoms with Gasteiger partial charge in [-0.1, -0.05) is 6.07 Å². The van der Waals surface area contributed by atoms with Crippen LogP contribution >= 0.6 is 0 Å². The van der Waals surface area contributed by atoms with Gasteiger partial charge in [-0.2, -0.15) is 0 Å². The molecule has 1 aromatic carbocycles. The van der Waals surface area contributed by atoms with Gasteiger partial charge >= 0.3 is 0 Å². The summed E-state index contributed by atoms with van der Waals surface area (Å²) in [6.45, 7) is 0.777. The molecular formula is C9H10F3N. The van der Waals surface area contributed by atoms with E-state index in [0.717, 1.165) is 6.07 Å². The van der Waals surface area contributed by atoms with Gasteiger partial charge in [-0.25, -0.2) is 13.2 Å². The highest BCUT2D eigenvalue weighted by molar-refractivity contribution is 5.48. The first-order valence-electron chi connectivity index (χ1n) is 3.91. The number of rotatable bonds is 3. The number of aryl methyl sites for hydroxylation is 1. The van der Waals surface area contributed by atoms with E-state index in [9.17, 15) is 13.2 Å². The van der Waals surface area contributed by atoms with Crippen LogP contribution in [0.4, 0.5) is 18.9 Å². The number of hydrogen-bond acceptors (Lipinski definition) is 1. The highest BCUT2D eigenvalue weighted by Gasteiger charge is 2.09. The van der Waals surface area contributed by atoms with Gasteiger partial charge < -0.3 is 5.32 Å². The fourth-order valence-corrected chi connectivity index (χ4v) is 0.991. The molecule has 0 aliphatic carbocycles. The Morgan fingerprint density at radius 2 is 2.00 bits per heavy atom. The fourth-order valence-electron chi connectivity index (χ4n) is 0.991. The summed E-state index contributed by atoms with van der Waals surface area (Å²) in [5.41, 5.74) is 0.0837. The Hall–Kier alpha value is -1.19. The minimum absolute atomic E-state index is 0.0860. The molecule has 0 atom stereocenters. The van der Waals surface area contributed by atoms with Gasteiger partial charge in [-0.05, 0) is 18.6 Å². The largest absolute Gasteiger partial charge is 0.378 e. The summed E-state index contributed by atoms with van der Waals surface area (Å²) < 4.78 is 37.8. The summed E-state index contributed by atoms with van der Waals surface area (Å²) in [7, 11) is 0. The van der Waals surface area contributed by atoms with Crippen LogP contribution in [0.5, 0.6) is 0 Å². The van der Waals surface area contributed by atoms with Crippen LogP contribution in [0.25, 0.3) is 0 Å². The van der Waals surface area contributed by atoms with E-state index < -0.39 is 18.3 Å². The van der Waals surface area contributed by atoms with E-state index in [1.165, 1.54) is 13.0 Å². The number of hydrogen-bond donors (Lipinski definition) is 1. The van der Waals surface area contributed by atoms with E-state index in [4.69, 9.17) is 0 Å². The van der Waals surface area contributed by atoms with E-state index in [2.05, 4.69) is 5.32 Å². The molecular weight excluding hydrogens is 179 g/mol. The SMILES string of the molecule is Cc1ccc(F)c(NCCF)c1F. The van der Waals surface area contributed by atoms with Gasteiger partial charge in [-0.3, -0.25) is 0 Å². The van der Waals surface area contributed by atoms with Crippen LogP contribution in [0.2, 0.25) is 0 Å². The smallest absolute Gasteiger partial charge is 0.152 e. The Morgan fingerprint density at radius 3 is 2.62 bits per heavy atom. The second-order valence-corrected chi connectivity index (χ2v) is 2.67. The predicted molar refractivity (Wildman–Crippen MR) is 45.6 cm³/mol. The molecule has 0 radical (unpaired) electrons. The van der Waals surface area contributed by atoms with Gasteiger partial charge in [0, 0.05) is 6.54 Å². The molecule has 0 bridgehead atoms. The van der Waals surface area contributed by atoms with Crippen LogP contribution in [-0.2, 0) is 0 Å². The van der Waals surface area contributed by atoms with Crippen LogP contribution in [0.3, 0.4) is 0 Å². The lowest BCUT2D eigenvalue weighted by atomic mass is 10.2. The van der Waals surface area contributed by atoms with Gasteiger partial charge in [0.1, 0.15) is 18.2 Å². The fraction of sp³-hybridized carbons (Fsp3) is 0.333. The van der Waals surface area contributed by atoms with Gasteiger partial charge in [0.2, 0.25) is 0 Å². The molecule has 1 N–H and O–H groups in total. The maximum Gasteiger partial charge on any atom is 0.152 e. The van der Waals surface area contributed by atoms with E-state index in [-0.39, 0.29) is 12.2 Å². The summed E-state index contributed by atoms with van der Waals surface area (Å²) in [5.74, 6) is -1.36. The summed E-state index contributed by atoms with van der Waals surface area (Å²) in [6, 6.07) is 2.49. The lowest BCUT2D eigenvalue weighted by Gasteiger charge is -2.08. The molecule has 4 heteroatoms. The van der Waals surface area contributed by atoms with E-state index in [1.807, 2.05) is 0 Å². The minimum atomic E-state index is -0.698. The molecule has 1 aromatic rings. The molecule has 0 saturated carbocycles. The third-order valence-corrected chi connectivity index (χ3v) is 1.68. The predicted octanol–water partition coefficient (Wildman–Crippen LogP) is 2.65. The molecule has 0 amide bonds. The quantitative estimate of drug-likeness (QED) is 0.770. The second kappa shape index (κ2) is 4.16. The highest BCUT2D eigenvalue weighted by atomic mass is 19.1. The van der Waals surface area contributed by atoms with Gasteiger partial charge in [0.15, 0.2) is 5.82 Å². The number of nitrogens with one attached hydrogen (secondary N) is 1. The Labute approximate surface area is 74.6 Å². The van der Waals surface area contributed by atoms with Crippen molar-refractivity contribution >= 4 is 5.69 Å². The minimum Gasteiger partial charge on any atom is -0.378 e. The number of anilines is 1. The van der Waals surface area contributed by atoms with Crippen molar-refractivity contribution in [1.29, 1.82) is 0 Å². The zero-order valence-electron chi connectivity index (χ0n) is 7.20. The molecule has 0 fully saturated rings. The Kier molecular flexibility index (Phi) is 3.17. The van der Waals surface area contributed by atoms with Crippen molar-refractivity contribution in [2.24, 2.45) is 0 Å². The first kappa shape index (κ1) is 9.89. The number of halogens is 3. The van der Waals surface area contributed by atoms with Crippen LogP contribution in [-0.4, -0.2) is 13.2 Å². The first-order chi connectivity index (χ1) is 6.16. The Morgan fingerprint density at radius 1 is 1.31 bits per heavy atom. The van der Waals surface area contributed by atoms with Crippen molar-refractivity contribution in [2.75, 3.05) is 18.5 Å². The van der Waals surface area contributed by atoms with E-state index in [1.54, 1.807) is 0 Å². The summed E-state index contributed by atoms with van der Waals surface area (Å²) in [5, 5.41) is 2.35. The Balaban J connectivity index is 2.96. The third-order valence-electron chi connectivity index (χ3n) is 1.68. The average Bonchev–Trinajstić information content (AvgIpc) is 2.12. The molecule has 0 heterocycles. The molecule has 1 rings (SSSR count). The van der Waals surface area contributed by atoms with Crippen LogP contribution < -0.4 is 5.32 Å². The molecule has 0 aliphatic heterocycles. The van der Waals surface area contributed by atoms with E-state index in [0.29, 0.717) is 5.56 Å². The molecule has 13 heavy (non-hydrogen) atoms. The lowest BCUT2D eigenvalue weighted by Crippen LogP contribution is -2.07. The average molecular weight is 189 g/mol. The van der Waals surface area contributed by atoms with Gasteiger partial charge in [-0.15, -0.1) is 0 Å². The van der Waals surface area contributed by atoms with Crippen LogP contribution in [0.1, 0.15) is 5.56 Å². The molecule has 72 valence electrons. The molecule has 0 spiro atoms. The van der Waals surface area contributed by atoms with E-state index >= 15 is 0 Å². The highest BCUT2D eigenvalue weighted by Crippen LogP contribution is 2.21. The van der Waals surface area contributed by atoms with Gasteiger partial charge in [0.25, 0.3) is 0 Å². The zero-order chi connectivity index (χ0) is 9.84. The summed E-state index contributed by atoms with van der Waals surface area (Å²) >= 11 is 0. The van der Waals surface area contributed by atoms with Gasteiger partial charge in [0.05, 0.1) is 0 Å². The van der Waals surface area contributed by atoms with Crippen molar-refractivity contribution in [3.63, 3.8) is 0 Å². The summed E-state index contributed by atoms with van der Waals surface area (Å²) in [6.07, 6.45) is 0. The monoisotopic (exact) mass is 189 g/mol. The standard InChI is InChI=1S/C9H10F3N/c1-6-2-3-7(11)9(8(6)12)13-5-4-10/h2-3,13H,4-5H2,1H3.